The Kier molecular flexibility index (Phi) is 5.75. The van der Waals surface area contributed by atoms with E-state index in [1.54, 1.807) is 48.5 Å². The molecule has 0 unspecified atom stereocenters. The maximum absolute atomic E-state index is 7.38. The molecule has 9 heteroatoms. The third-order valence-electron chi connectivity index (χ3n) is 3.74. The summed E-state index contributed by atoms with van der Waals surface area (Å²) in [5.41, 5.74) is 12.1. The van der Waals surface area contributed by atoms with Crippen molar-refractivity contribution < 1.29 is 9.47 Å². The summed E-state index contributed by atoms with van der Waals surface area (Å²) in [6, 6.07) is 13.8. The second kappa shape index (κ2) is 8.58. The second-order valence-electron chi connectivity index (χ2n) is 5.77. The predicted molar refractivity (Wildman–Crippen MR) is 103 cm³/mol. The van der Waals surface area contributed by atoms with Gasteiger partial charge in [0.25, 0.3) is 0 Å². The van der Waals surface area contributed by atoms with E-state index in [1.165, 1.54) is 6.33 Å². The minimum absolute atomic E-state index is 0.00425. The molecule has 0 saturated carbocycles. The van der Waals surface area contributed by atoms with Crippen LogP contribution in [0.3, 0.4) is 0 Å². The van der Waals surface area contributed by atoms with E-state index in [-0.39, 0.29) is 24.9 Å². The van der Waals surface area contributed by atoms with Gasteiger partial charge in [0.15, 0.2) is 11.6 Å². The first-order valence-corrected chi connectivity index (χ1v) is 8.32. The van der Waals surface area contributed by atoms with Crippen molar-refractivity contribution in [2.45, 2.75) is 13.2 Å². The highest BCUT2D eigenvalue weighted by Gasteiger charge is 2.05. The van der Waals surface area contributed by atoms with Crippen molar-refractivity contribution in [3.63, 3.8) is 0 Å². The van der Waals surface area contributed by atoms with Gasteiger partial charge >= 0.3 is 0 Å². The van der Waals surface area contributed by atoms with E-state index >= 15 is 0 Å². The van der Waals surface area contributed by atoms with Gasteiger partial charge in [-0.1, -0.05) is 0 Å². The van der Waals surface area contributed by atoms with Crippen LogP contribution in [0.5, 0.6) is 11.5 Å². The Hall–Kier alpha value is -4.01. The van der Waals surface area contributed by atoms with Crippen LogP contribution in [0.25, 0.3) is 0 Å². The molecule has 9 nitrogen and oxygen atoms in total. The van der Waals surface area contributed by atoms with Crippen molar-refractivity contribution in [3.8, 4) is 11.5 Å². The van der Waals surface area contributed by atoms with E-state index in [2.05, 4.69) is 15.0 Å². The summed E-state index contributed by atoms with van der Waals surface area (Å²) in [5, 5.41) is 14.8. The summed E-state index contributed by atoms with van der Waals surface area (Å²) in [6.07, 6.45) is 1.40. The first-order valence-electron chi connectivity index (χ1n) is 8.32. The SMILES string of the molecule is N=C(N)c1ccc(OCc2ncnc(COc3ccc(C(=N)N)cc3)n2)cc1. The fourth-order valence-electron chi connectivity index (χ4n) is 2.27. The Labute approximate surface area is 161 Å². The lowest BCUT2D eigenvalue weighted by Gasteiger charge is -2.08. The minimum Gasteiger partial charge on any atom is -0.486 e. The van der Waals surface area contributed by atoms with Crippen LogP contribution in [0.4, 0.5) is 0 Å². The molecule has 0 atom stereocenters. The number of hydrogen-bond donors (Lipinski definition) is 4. The van der Waals surface area contributed by atoms with Crippen LogP contribution in [0.1, 0.15) is 22.8 Å². The highest BCUT2D eigenvalue weighted by molar-refractivity contribution is 5.95. The number of aromatic nitrogens is 3. The summed E-state index contributed by atoms with van der Waals surface area (Å²) in [7, 11) is 0. The summed E-state index contributed by atoms with van der Waals surface area (Å²) in [5.74, 6) is 2.18. The largest absolute Gasteiger partial charge is 0.486 e. The van der Waals surface area contributed by atoms with Crippen molar-refractivity contribution in [2.24, 2.45) is 11.5 Å². The van der Waals surface area contributed by atoms with Crippen molar-refractivity contribution in [3.05, 3.63) is 77.6 Å². The Balaban J connectivity index is 1.56. The molecule has 6 N–H and O–H groups in total. The predicted octanol–water partition coefficient (Wildman–Crippen LogP) is 1.60. The van der Waals surface area contributed by atoms with E-state index < -0.39 is 0 Å². The van der Waals surface area contributed by atoms with Gasteiger partial charge < -0.3 is 20.9 Å². The Morgan fingerprint density at radius 3 is 1.46 bits per heavy atom. The van der Waals surface area contributed by atoms with Gasteiger partial charge in [0.1, 0.15) is 42.7 Å². The molecule has 0 saturated heterocycles. The summed E-state index contributed by atoms with van der Waals surface area (Å²) in [6.45, 7) is 0.338. The number of nitrogens with zero attached hydrogens (tertiary/aromatic N) is 3. The van der Waals surface area contributed by atoms with E-state index in [4.69, 9.17) is 31.8 Å². The van der Waals surface area contributed by atoms with Gasteiger partial charge in [0.05, 0.1) is 0 Å². The van der Waals surface area contributed by atoms with Gasteiger partial charge in [-0.3, -0.25) is 10.8 Å². The first-order chi connectivity index (χ1) is 13.5. The second-order valence-corrected chi connectivity index (χ2v) is 5.77. The molecule has 0 fully saturated rings. The first kappa shape index (κ1) is 18.8. The van der Waals surface area contributed by atoms with Crippen molar-refractivity contribution in [1.82, 2.24) is 15.0 Å². The molecule has 1 aromatic heterocycles. The smallest absolute Gasteiger partial charge is 0.169 e. The number of amidine groups is 2. The Morgan fingerprint density at radius 2 is 1.11 bits per heavy atom. The zero-order valence-corrected chi connectivity index (χ0v) is 14.9. The zero-order valence-electron chi connectivity index (χ0n) is 14.9. The molecule has 0 aliphatic carbocycles. The van der Waals surface area contributed by atoms with Crippen LogP contribution in [0.2, 0.25) is 0 Å². The number of rotatable bonds is 8. The summed E-state index contributed by atoms with van der Waals surface area (Å²) >= 11 is 0. The number of nitrogen functional groups attached to an aromatic ring is 2. The lowest BCUT2D eigenvalue weighted by Crippen LogP contribution is -2.11. The van der Waals surface area contributed by atoms with Crippen molar-refractivity contribution in [1.29, 1.82) is 10.8 Å². The molecule has 28 heavy (non-hydrogen) atoms. The number of nitrogens with two attached hydrogens (primary N) is 2. The van der Waals surface area contributed by atoms with Crippen molar-refractivity contribution >= 4 is 11.7 Å². The molecule has 142 valence electrons. The highest BCUT2D eigenvalue weighted by Crippen LogP contribution is 2.14. The van der Waals surface area contributed by atoms with Crippen molar-refractivity contribution in [2.75, 3.05) is 0 Å². The van der Waals surface area contributed by atoms with Crippen LogP contribution in [-0.4, -0.2) is 26.6 Å². The third-order valence-corrected chi connectivity index (χ3v) is 3.74. The quantitative estimate of drug-likeness (QED) is 0.343. The zero-order chi connectivity index (χ0) is 19.9. The maximum Gasteiger partial charge on any atom is 0.169 e. The molecule has 3 rings (SSSR count). The highest BCUT2D eigenvalue weighted by atomic mass is 16.5. The summed E-state index contributed by atoms with van der Waals surface area (Å²) < 4.78 is 11.3. The van der Waals surface area contributed by atoms with E-state index in [1.807, 2.05) is 0 Å². The number of benzene rings is 2. The van der Waals surface area contributed by atoms with E-state index in [0.29, 0.717) is 34.3 Å². The summed E-state index contributed by atoms with van der Waals surface area (Å²) in [4.78, 5) is 12.5. The minimum atomic E-state index is 0.00425. The molecule has 1 heterocycles. The van der Waals surface area contributed by atoms with Gasteiger partial charge in [-0.15, -0.1) is 0 Å². The van der Waals surface area contributed by atoms with E-state index in [0.717, 1.165) is 0 Å². The van der Waals surface area contributed by atoms with Gasteiger partial charge in [-0.2, -0.15) is 0 Å². The van der Waals surface area contributed by atoms with E-state index in [9.17, 15) is 0 Å². The Bertz CT molecular complexity index is 896. The molecule has 0 spiro atoms. The molecule has 0 amide bonds. The van der Waals surface area contributed by atoms with Crippen LogP contribution in [-0.2, 0) is 13.2 Å². The molecule has 3 aromatic rings. The molecule has 0 bridgehead atoms. The van der Waals surface area contributed by atoms with Gasteiger partial charge in [0.2, 0.25) is 0 Å². The molecular formula is C19H19N7O2. The molecular weight excluding hydrogens is 358 g/mol. The van der Waals surface area contributed by atoms with Crippen LogP contribution in [0.15, 0.2) is 54.9 Å². The number of hydrogen-bond acceptors (Lipinski definition) is 7. The Morgan fingerprint density at radius 1 is 0.714 bits per heavy atom. The lowest BCUT2D eigenvalue weighted by atomic mass is 10.2. The molecule has 0 radical (unpaired) electrons. The van der Waals surface area contributed by atoms with Gasteiger partial charge in [-0.25, -0.2) is 15.0 Å². The molecule has 0 aliphatic heterocycles. The fourth-order valence-corrected chi connectivity index (χ4v) is 2.27. The topological polar surface area (TPSA) is 157 Å². The van der Waals surface area contributed by atoms with Gasteiger partial charge in [-0.05, 0) is 48.5 Å². The van der Waals surface area contributed by atoms with Crippen LogP contribution in [0, 0.1) is 10.8 Å². The number of nitrogens with one attached hydrogen (secondary N) is 2. The number of ether oxygens (including phenoxy) is 2. The molecule has 0 aliphatic rings. The standard InChI is InChI=1S/C19H19N7O2/c20-18(21)12-1-5-14(6-2-12)27-9-16-24-11-25-17(26-16)10-28-15-7-3-13(4-8-15)19(22)23/h1-8,11H,9-10H2,(H3,20,21)(H3,22,23). The maximum atomic E-state index is 7.38. The normalized spacial score (nSPS) is 10.3. The average Bonchev–Trinajstić information content (AvgIpc) is 2.71. The fraction of sp³-hybridized carbons (Fsp3) is 0.105. The van der Waals surface area contributed by atoms with Crippen LogP contribution < -0.4 is 20.9 Å². The van der Waals surface area contributed by atoms with Crippen LogP contribution >= 0.6 is 0 Å². The lowest BCUT2D eigenvalue weighted by molar-refractivity contribution is 0.281. The molecule has 2 aromatic carbocycles. The van der Waals surface area contributed by atoms with Gasteiger partial charge in [0, 0.05) is 11.1 Å². The average molecular weight is 377 g/mol. The monoisotopic (exact) mass is 377 g/mol. The third kappa shape index (κ3) is 5.01.